The second-order valence-electron chi connectivity index (χ2n) is 4.64. The topological polar surface area (TPSA) is 68.4 Å². The summed E-state index contributed by atoms with van der Waals surface area (Å²) in [7, 11) is 1.60. The Morgan fingerprint density at radius 3 is 2.67 bits per heavy atom. The van der Waals surface area contributed by atoms with Gasteiger partial charge in [-0.25, -0.2) is 0 Å². The summed E-state index contributed by atoms with van der Waals surface area (Å²) in [4.78, 5) is 4.31. The molecule has 0 saturated heterocycles. The maximum Gasteiger partial charge on any atom is 0.258 e. The molecule has 1 aromatic carbocycles. The SMILES string of the molecule is COC(C)(C)c1noc(-c2ccc(O)c(C)c2)n1. The Bertz CT molecular complexity index is 561. The summed E-state index contributed by atoms with van der Waals surface area (Å²) in [5.74, 6) is 1.15. The van der Waals surface area contributed by atoms with Gasteiger partial charge in [-0.1, -0.05) is 5.16 Å². The summed E-state index contributed by atoms with van der Waals surface area (Å²) in [6, 6.07) is 5.14. The highest BCUT2D eigenvalue weighted by Gasteiger charge is 2.26. The first-order chi connectivity index (χ1) is 8.44. The zero-order valence-corrected chi connectivity index (χ0v) is 10.9. The van der Waals surface area contributed by atoms with Gasteiger partial charge in [0.25, 0.3) is 5.89 Å². The van der Waals surface area contributed by atoms with Gasteiger partial charge in [0.15, 0.2) is 0 Å². The van der Waals surface area contributed by atoms with Crippen molar-refractivity contribution in [3.8, 4) is 17.2 Å². The van der Waals surface area contributed by atoms with Gasteiger partial charge >= 0.3 is 0 Å². The molecule has 5 heteroatoms. The van der Waals surface area contributed by atoms with Crippen molar-refractivity contribution in [1.82, 2.24) is 10.1 Å². The van der Waals surface area contributed by atoms with Crippen LogP contribution in [0, 0.1) is 6.92 Å². The second kappa shape index (κ2) is 4.42. The quantitative estimate of drug-likeness (QED) is 0.904. The molecule has 0 atom stereocenters. The molecule has 96 valence electrons. The average Bonchev–Trinajstić information content (AvgIpc) is 2.83. The number of methoxy groups -OCH3 is 1. The molecule has 0 aliphatic carbocycles. The van der Waals surface area contributed by atoms with Gasteiger partial charge in [0.1, 0.15) is 11.4 Å². The average molecular weight is 248 g/mol. The second-order valence-corrected chi connectivity index (χ2v) is 4.64. The molecule has 0 fully saturated rings. The molecular formula is C13H16N2O3. The van der Waals surface area contributed by atoms with Crippen molar-refractivity contribution in [3.05, 3.63) is 29.6 Å². The molecular weight excluding hydrogens is 232 g/mol. The molecule has 0 radical (unpaired) electrons. The number of rotatable bonds is 3. The molecule has 1 aromatic heterocycles. The van der Waals surface area contributed by atoms with E-state index in [0.717, 1.165) is 11.1 Å². The highest BCUT2D eigenvalue weighted by atomic mass is 16.5. The van der Waals surface area contributed by atoms with Gasteiger partial charge in [0.05, 0.1) is 0 Å². The van der Waals surface area contributed by atoms with Crippen LogP contribution in [-0.4, -0.2) is 22.4 Å². The summed E-state index contributed by atoms with van der Waals surface area (Å²) >= 11 is 0. The van der Waals surface area contributed by atoms with E-state index in [4.69, 9.17) is 9.26 Å². The van der Waals surface area contributed by atoms with Crippen molar-refractivity contribution < 1.29 is 14.4 Å². The zero-order valence-electron chi connectivity index (χ0n) is 10.9. The van der Waals surface area contributed by atoms with Crippen molar-refractivity contribution in [2.75, 3.05) is 7.11 Å². The van der Waals surface area contributed by atoms with Crippen LogP contribution < -0.4 is 0 Å². The van der Waals surface area contributed by atoms with Crippen LogP contribution in [0.15, 0.2) is 22.7 Å². The smallest absolute Gasteiger partial charge is 0.258 e. The number of aryl methyl sites for hydroxylation is 1. The number of hydrogen-bond acceptors (Lipinski definition) is 5. The Morgan fingerprint density at radius 2 is 2.06 bits per heavy atom. The minimum absolute atomic E-state index is 0.246. The monoisotopic (exact) mass is 248 g/mol. The van der Waals surface area contributed by atoms with Crippen LogP contribution in [0.2, 0.25) is 0 Å². The Balaban J connectivity index is 2.38. The van der Waals surface area contributed by atoms with E-state index < -0.39 is 5.60 Å². The first-order valence-corrected chi connectivity index (χ1v) is 5.63. The van der Waals surface area contributed by atoms with Gasteiger partial charge in [0.2, 0.25) is 5.82 Å². The predicted octanol–water partition coefficient (Wildman–Crippen LogP) is 2.63. The largest absolute Gasteiger partial charge is 0.508 e. The number of aromatic hydroxyl groups is 1. The number of benzene rings is 1. The molecule has 18 heavy (non-hydrogen) atoms. The molecule has 0 aliphatic heterocycles. The Hall–Kier alpha value is -1.88. The third-order valence-electron chi connectivity index (χ3n) is 2.92. The van der Waals surface area contributed by atoms with E-state index in [-0.39, 0.29) is 5.75 Å². The molecule has 2 aromatic rings. The fourth-order valence-electron chi connectivity index (χ4n) is 1.47. The Labute approximate surface area is 105 Å². The number of phenols is 1. The van der Waals surface area contributed by atoms with E-state index in [1.54, 1.807) is 25.3 Å². The predicted molar refractivity (Wildman–Crippen MR) is 66.2 cm³/mol. The van der Waals surface area contributed by atoms with E-state index in [1.165, 1.54) is 0 Å². The standard InChI is InChI=1S/C13H16N2O3/c1-8-7-9(5-6-10(8)16)11-14-12(15-18-11)13(2,3)17-4/h5-7,16H,1-4H3. The molecule has 2 rings (SSSR count). The van der Waals surface area contributed by atoms with Crippen LogP contribution in [0.25, 0.3) is 11.5 Å². The van der Waals surface area contributed by atoms with Gasteiger partial charge in [-0.3, -0.25) is 0 Å². The Morgan fingerprint density at radius 1 is 1.33 bits per heavy atom. The first-order valence-electron chi connectivity index (χ1n) is 5.63. The number of phenolic OH excluding ortho intramolecular Hbond substituents is 1. The summed E-state index contributed by atoms with van der Waals surface area (Å²) in [5.41, 5.74) is 0.947. The highest BCUT2D eigenvalue weighted by Crippen LogP contribution is 2.27. The van der Waals surface area contributed by atoms with Crippen LogP contribution in [0.5, 0.6) is 5.75 Å². The molecule has 1 N–H and O–H groups in total. The lowest BCUT2D eigenvalue weighted by molar-refractivity contribution is 0.00973. The van der Waals surface area contributed by atoms with E-state index >= 15 is 0 Å². The van der Waals surface area contributed by atoms with Gasteiger partial charge in [-0.2, -0.15) is 4.98 Å². The maximum absolute atomic E-state index is 9.48. The lowest BCUT2D eigenvalue weighted by atomic mass is 10.1. The van der Waals surface area contributed by atoms with Crippen LogP contribution in [0.3, 0.4) is 0 Å². The van der Waals surface area contributed by atoms with Gasteiger partial charge < -0.3 is 14.4 Å². The minimum atomic E-state index is -0.590. The maximum atomic E-state index is 9.48. The molecule has 0 amide bonds. The Kier molecular flexibility index (Phi) is 3.09. The fourth-order valence-corrected chi connectivity index (χ4v) is 1.47. The molecule has 1 heterocycles. The normalized spacial score (nSPS) is 11.8. The molecule has 0 unspecified atom stereocenters. The fraction of sp³-hybridized carbons (Fsp3) is 0.385. The summed E-state index contributed by atoms with van der Waals surface area (Å²) in [6.07, 6.45) is 0. The minimum Gasteiger partial charge on any atom is -0.508 e. The zero-order chi connectivity index (χ0) is 13.3. The third-order valence-corrected chi connectivity index (χ3v) is 2.92. The van der Waals surface area contributed by atoms with Gasteiger partial charge in [0, 0.05) is 12.7 Å². The van der Waals surface area contributed by atoms with E-state index in [1.807, 2.05) is 20.8 Å². The summed E-state index contributed by atoms with van der Waals surface area (Å²) in [6.45, 7) is 5.54. The highest BCUT2D eigenvalue weighted by molar-refractivity contribution is 5.56. The lowest BCUT2D eigenvalue weighted by Gasteiger charge is -2.17. The number of nitrogens with zero attached hydrogens (tertiary/aromatic N) is 2. The molecule has 0 aliphatic rings. The number of hydrogen-bond donors (Lipinski definition) is 1. The van der Waals surface area contributed by atoms with Crippen molar-refractivity contribution in [3.63, 3.8) is 0 Å². The van der Waals surface area contributed by atoms with E-state index in [9.17, 15) is 5.11 Å². The van der Waals surface area contributed by atoms with Gasteiger partial charge in [-0.05, 0) is 44.5 Å². The summed E-state index contributed by atoms with van der Waals surface area (Å²) in [5, 5.41) is 13.4. The number of aromatic nitrogens is 2. The summed E-state index contributed by atoms with van der Waals surface area (Å²) < 4.78 is 10.5. The van der Waals surface area contributed by atoms with Crippen LogP contribution in [0.1, 0.15) is 25.2 Å². The van der Waals surface area contributed by atoms with Gasteiger partial charge in [-0.15, -0.1) is 0 Å². The molecule has 0 bridgehead atoms. The van der Waals surface area contributed by atoms with Crippen molar-refractivity contribution in [2.24, 2.45) is 0 Å². The first kappa shape index (κ1) is 12.6. The van der Waals surface area contributed by atoms with E-state index in [0.29, 0.717) is 11.7 Å². The van der Waals surface area contributed by atoms with Crippen LogP contribution in [-0.2, 0) is 10.3 Å². The van der Waals surface area contributed by atoms with Crippen molar-refractivity contribution in [2.45, 2.75) is 26.4 Å². The lowest BCUT2D eigenvalue weighted by Crippen LogP contribution is -2.21. The molecule has 5 nitrogen and oxygen atoms in total. The van der Waals surface area contributed by atoms with Crippen LogP contribution >= 0.6 is 0 Å². The van der Waals surface area contributed by atoms with Crippen molar-refractivity contribution in [1.29, 1.82) is 0 Å². The van der Waals surface area contributed by atoms with Crippen LogP contribution in [0.4, 0.5) is 0 Å². The third kappa shape index (κ3) is 2.22. The molecule has 0 saturated carbocycles. The van der Waals surface area contributed by atoms with E-state index in [2.05, 4.69) is 10.1 Å². The van der Waals surface area contributed by atoms with Crippen molar-refractivity contribution >= 4 is 0 Å². The number of ether oxygens (including phenoxy) is 1. The molecule has 0 spiro atoms.